The van der Waals surface area contributed by atoms with Gasteiger partial charge < -0.3 is 9.47 Å². The number of carbonyl (C=O) groups is 2. The minimum absolute atomic E-state index is 0.289. The van der Waals surface area contributed by atoms with Crippen LogP contribution in [-0.4, -0.2) is 25.2 Å². The Morgan fingerprint density at radius 2 is 1.44 bits per heavy atom. The maximum absolute atomic E-state index is 11.7. The van der Waals surface area contributed by atoms with Crippen molar-refractivity contribution in [2.24, 2.45) is 0 Å². The van der Waals surface area contributed by atoms with Crippen LogP contribution in [0.2, 0.25) is 0 Å². The third-order valence-electron chi connectivity index (χ3n) is 2.03. The Morgan fingerprint density at radius 3 is 1.89 bits per heavy atom. The lowest BCUT2D eigenvalue weighted by atomic mass is 10.1. The quantitative estimate of drug-likeness (QED) is 0.750. The molecule has 0 fully saturated rings. The molecule has 6 heteroatoms. The first-order valence-electron chi connectivity index (χ1n) is 5.34. The third kappa shape index (κ3) is 3.55. The highest BCUT2D eigenvalue weighted by Gasteiger charge is 2.19. The first kappa shape index (κ1) is 15.2. The number of ether oxygens (including phenoxy) is 2. The Kier molecular flexibility index (Phi) is 5.81. The van der Waals surface area contributed by atoms with Gasteiger partial charge in [0.15, 0.2) is 0 Å². The summed E-state index contributed by atoms with van der Waals surface area (Å²) in [4.78, 5) is 23.3. The van der Waals surface area contributed by atoms with E-state index in [9.17, 15) is 9.59 Å². The lowest BCUT2D eigenvalue weighted by Crippen LogP contribution is -2.09. The molecular weight excluding hydrogens is 368 g/mol. The summed E-state index contributed by atoms with van der Waals surface area (Å²) < 4.78 is 10.8. The molecular formula is C12H12Br2O4. The molecule has 0 spiro atoms. The molecule has 0 aromatic heterocycles. The van der Waals surface area contributed by atoms with Crippen LogP contribution in [-0.2, 0) is 9.47 Å². The van der Waals surface area contributed by atoms with Crippen LogP contribution < -0.4 is 0 Å². The predicted molar refractivity (Wildman–Crippen MR) is 73.8 cm³/mol. The van der Waals surface area contributed by atoms with Gasteiger partial charge in [0.1, 0.15) is 0 Å². The van der Waals surface area contributed by atoms with Gasteiger partial charge in [-0.1, -0.05) is 0 Å². The van der Waals surface area contributed by atoms with Crippen molar-refractivity contribution in [3.8, 4) is 0 Å². The highest BCUT2D eigenvalue weighted by Crippen LogP contribution is 2.28. The van der Waals surface area contributed by atoms with Crippen LogP contribution >= 0.6 is 31.9 Å². The van der Waals surface area contributed by atoms with Crippen LogP contribution in [0.3, 0.4) is 0 Å². The van der Waals surface area contributed by atoms with Gasteiger partial charge in [0.25, 0.3) is 0 Å². The van der Waals surface area contributed by atoms with Crippen LogP contribution in [0.15, 0.2) is 21.1 Å². The Bertz CT molecular complexity index is 448. The molecule has 0 saturated heterocycles. The molecule has 0 aliphatic heterocycles. The van der Waals surface area contributed by atoms with Crippen molar-refractivity contribution < 1.29 is 19.1 Å². The first-order valence-corrected chi connectivity index (χ1v) is 6.93. The van der Waals surface area contributed by atoms with Crippen molar-refractivity contribution in [1.82, 2.24) is 0 Å². The molecule has 4 nitrogen and oxygen atoms in total. The molecule has 18 heavy (non-hydrogen) atoms. The topological polar surface area (TPSA) is 52.6 Å². The van der Waals surface area contributed by atoms with Gasteiger partial charge in [-0.05, 0) is 57.8 Å². The second-order valence-corrected chi connectivity index (χ2v) is 4.96. The summed E-state index contributed by atoms with van der Waals surface area (Å²) in [6, 6.07) is 3.07. The van der Waals surface area contributed by atoms with E-state index in [1.165, 1.54) is 12.1 Å². The third-order valence-corrected chi connectivity index (χ3v) is 3.28. The van der Waals surface area contributed by atoms with Crippen LogP contribution in [0, 0.1) is 0 Å². The molecule has 0 bridgehead atoms. The molecule has 0 amide bonds. The zero-order chi connectivity index (χ0) is 13.7. The van der Waals surface area contributed by atoms with Gasteiger partial charge in [-0.2, -0.15) is 0 Å². The van der Waals surface area contributed by atoms with Gasteiger partial charge in [-0.25, -0.2) is 9.59 Å². The first-order chi connectivity index (χ1) is 8.51. The summed E-state index contributed by atoms with van der Waals surface area (Å²) >= 11 is 6.50. The summed E-state index contributed by atoms with van der Waals surface area (Å²) in [6.45, 7) is 4.05. The van der Waals surface area contributed by atoms with Crippen molar-refractivity contribution in [3.63, 3.8) is 0 Å². The van der Waals surface area contributed by atoms with Crippen LogP contribution in [0.5, 0.6) is 0 Å². The summed E-state index contributed by atoms with van der Waals surface area (Å²) in [5.41, 5.74) is 0.716. The minimum Gasteiger partial charge on any atom is -0.462 e. The largest absolute Gasteiger partial charge is 0.462 e. The summed E-state index contributed by atoms with van der Waals surface area (Å²) in [7, 11) is 0. The van der Waals surface area contributed by atoms with E-state index in [1.54, 1.807) is 13.8 Å². The van der Waals surface area contributed by atoms with Crippen molar-refractivity contribution in [3.05, 3.63) is 32.2 Å². The van der Waals surface area contributed by atoms with E-state index < -0.39 is 11.9 Å². The smallest absolute Gasteiger partial charge is 0.340 e. The van der Waals surface area contributed by atoms with Crippen molar-refractivity contribution in [2.75, 3.05) is 13.2 Å². The van der Waals surface area contributed by atoms with Gasteiger partial charge in [-0.3, -0.25) is 0 Å². The van der Waals surface area contributed by atoms with E-state index in [4.69, 9.17) is 9.47 Å². The standard InChI is InChI=1S/C12H12Br2O4/c1-3-17-11(15)7-5-8(13)10(9(14)6-7)12(16)18-4-2/h5-6H,3-4H2,1-2H3. The molecule has 1 aromatic rings. The molecule has 0 N–H and O–H groups in total. The average Bonchev–Trinajstić information content (AvgIpc) is 2.28. The fourth-order valence-electron chi connectivity index (χ4n) is 1.30. The second kappa shape index (κ2) is 6.89. The molecule has 0 radical (unpaired) electrons. The van der Waals surface area contributed by atoms with Crippen molar-refractivity contribution in [1.29, 1.82) is 0 Å². The number of benzene rings is 1. The van der Waals surface area contributed by atoms with Crippen LogP contribution in [0.25, 0.3) is 0 Å². The van der Waals surface area contributed by atoms with E-state index >= 15 is 0 Å². The minimum atomic E-state index is -0.452. The van der Waals surface area contributed by atoms with E-state index in [2.05, 4.69) is 31.9 Å². The second-order valence-electron chi connectivity index (χ2n) is 3.26. The van der Waals surface area contributed by atoms with Crippen LogP contribution in [0.1, 0.15) is 34.6 Å². The Hall–Kier alpha value is -0.880. The maximum atomic E-state index is 11.7. The zero-order valence-electron chi connectivity index (χ0n) is 9.96. The maximum Gasteiger partial charge on any atom is 0.340 e. The number of rotatable bonds is 4. The fourth-order valence-corrected chi connectivity index (χ4v) is 2.81. The van der Waals surface area contributed by atoms with E-state index in [1.807, 2.05) is 0 Å². The number of carbonyl (C=O) groups excluding carboxylic acids is 2. The van der Waals surface area contributed by atoms with Crippen molar-refractivity contribution in [2.45, 2.75) is 13.8 Å². The van der Waals surface area contributed by atoms with Gasteiger partial charge >= 0.3 is 11.9 Å². The van der Waals surface area contributed by atoms with Gasteiger partial charge in [0, 0.05) is 8.95 Å². The van der Waals surface area contributed by atoms with Crippen molar-refractivity contribution >= 4 is 43.8 Å². The molecule has 0 unspecified atom stereocenters. The Morgan fingerprint density at radius 1 is 1.00 bits per heavy atom. The molecule has 1 rings (SSSR count). The van der Waals surface area contributed by atoms with Gasteiger partial charge in [0.05, 0.1) is 24.3 Å². The Balaban J connectivity index is 3.12. The number of halogens is 2. The Labute approximate surface area is 122 Å². The lowest BCUT2D eigenvalue weighted by Gasteiger charge is -2.09. The highest BCUT2D eigenvalue weighted by molar-refractivity contribution is 9.11. The fraction of sp³-hybridized carbons (Fsp3) is 0.333. The summed E-state index contributed by atoms with van der Waals surface area (Å²) in [6.07, 6.45) is 0. The molecule has 0 saturated carbocycles. The van der Waals surface area contributed by atoms with Gasteiger partial charge in [0.2, 0.25) is 0 Å². The van der Waals surface area contributed by atoms with E-state index in [0.717, 1.165) is 0 Å². The molecule has 0 aliphatic rings. The highest BCUT2D eigenvalue weighted by atomic mass is 79.9. The molecule has 98 valence electrons. The SMILES string of the molecule is CCOC(=O)c1cc(Br)c(C(=O)OCC)c(Br)c1. The molecule has 1 aromatic carbocycles. The average molecular weight is 380 g/mol. The monoisotopic (exact) mass is 378 g/mol. The summed E-state index contributed by atoms with van der Waals surface area (Å²) in [5, 5.41) is 0. The lowest BCUT2D eigenvalue weighted by molar-refractivity contribution is 0.0509. The number of hydrogen-bond acceptors (Lipinski definition) is 4. The molecule has 0 heterocycles. The van der Waals surface area contributed by atoms with E-state index in [0.29, 0.717) is 26.7 Å². The predicted octanol–water partition coefficient (Wildman–Crippen LogP) is 3.57. The summed E-state index contributed by atoms with van der Waals surface area (Å²) in [5.74, 6) is -0.888. The number of esters is 2. The van der Waals surface area contributed by atoms with E-state index in [-0.39, 0.29) is 6.61 Å². The van der Waals surface area contributed by atoms with Gasteiger partial charge in [-0.15, -0.1) is 0 Å². The normalized spacial score (nSPS) is 10.0. The molecule has 0 aliphatic carbocycles. The van der Waals surface area contributed by atoms with Crippen LogP contribution in [0.4, 0.5) is 0 Å². The molecule has 0 atom stereocenters. The zero-order valence-corrected chi connectivity index (χ0v) is 13.1. The number of hydrogen-bond donors (Lipinski definition) is 0.